The van der Waals surface area contributed by atoms with Crippen molar-refractivity contribution in [2.24, 2.45) is 11.3 Å². The number of aliphatic hydroxyl groups is 1. The first-order valence-electron chi connectivity index (χ1n) is 7.48. The highest BCUT2D eigenvalue weighted by atomic mass is 16.3. The van der Waals surface area contributed by atoms with E-state index in [0.29, 0.717) is 17.4 Å². The Kier molecular flexibility index (Phi) is 4.05. The van der Waals surface area contributed by atoms with E-state index >= 15 is 0 Å². The number of aliphatic hydroxyl groups excluding tert-OH is 1. The number of hydrogen-bond acceptors (Lipinski definition) is 3. The monoisotopic (exact) mass is 254 g/mol. The standard InChI is InChI=1S/C15H30N2O/c1-12(2)16-15(11-18,13-5-6-13)10-17-8-7-14(3,4)9-17/h12-13,16,18H,5-11H2,1-4H3. The lowest BCUT2D eigenvalue weighted by atomic mass is 9.91. The summed E-state index contributed by atoms with van der Waals surface area (Å²) in [4.78, 5) is 2.55. The molecule has 0 aromatic rings. The van der Waals surface area contributed by atoms with Gasteiger partial charge in [0.1, 0.15) is 0 Å². The van der Waals surface area contributed by atoms with Gasteiger partial charge < -0.3 is 15.3 Å². The Morgan fingerprint density at radius 2 is 2.06 bits per heavy atom. The Bertz CT molecular complexity index is 286. The van der Waals surface area contributed by atoms with Crippen LogP contribution in [0.4, 0.5) is 0 Å². The van der Waals surface area contributed by atoms with E-state index in [4.69, 9.17) is 0 Å². The highest BCUT2D eigenvalue weighted by Gasteiger charge is 2.47. The second-order valence-corrected chi connectivity index (χ2v) is 7.51. The van der Waals surface area contributed by atoms with Gasteiger partial charge in [0.15, 0.2) is 0 Å². The number of rotatable bonds is 6. The van der Waals surface area contributed by atoms with Crippen LogP contribution in [0.3, 0.4) is 0 Å². The molecule has 0 bridgehead atoms. The van der Waals surface area contributed by atoms with E-state index in [1.807, 2.05) is 0 Å². The Morgan fingerprint density at radius 3 is 2.44 bits per heavy atom. The molecule has 3 heteroatoms. The Labute approximate surface area is 112 Å². The summed E-state index contributed by atoms with van der Waals surface area (Å²) >= 11 is 0. The van der Waals surface area contributed by atoms with Crippen molar-refractivity contribution < 1.29 is 5.11 Å². The summed E-state index contributed by atoms with van der Waals surface area (Å²) in [5, 5.41) is 13.6. The third-order valence-corrected chi connectivity index (χ3v) is 4.48. The van der Waals surface area contributed by atoms with Crippen LogP contribution in [-0.2, 0) is 0 Å². The van der Waals surface area contributed by atoms with Crippen LogP contribution in [0, 0.1) is 11.3 Å². The fourth-order valence-corrected chi connectivity index (χ4v) is 3.49. The number of nitrogens with one attached hydrogen (secondary N) is 1. The fraction of sp³-hybridized carbons (Fsp3) is 1.00. The minimum absolute atomic E-state index is 0.0609. The molecule has 2 rings (SSSR count). The van der Waals surface area contributed by atoms with Crippen molar-refractivity contribution in [3.63, 3.8) is 0 Å². The highest BCUT2D eigenvalue weighted by Crippen LogP contribution is 2.41. The summed E-state index contributed by atoms with van der Waals surface area (Å²) in [6, 6.07) is 0.438. The van der Waals surface area contributed by atoms with Gasteiger partial charge >= 0.3 is 0 Å². The second kappa shape index (κ2) is 5.10. The molecule has 1 heterocycles. The zero-order chi connectivity index (χ0) is 13.4. The molecule has 1 saturated heterocycles. The summed E-state index contributed by atoms with van der Waals surface area (Å²) in [6.07, 6.45) is 3.83. The van der Waals surface area contributed by atoms with Gasteiger partial charge in [0.05, 0.1) is 12.1 Å². The van der Waals surface area contributed by atoms with Gasteiger partial charge in [-0.05, 0) is 37.1 Å². The van der Waals surface area contributed by atoms with Gasteiger partial charge in [-0.3, -0.25) is 0 Å². The molecule has 0 aromatic carbocycles. The molecule has 2 aliphatic rings. The summed E-state index contributed by atoms with van der Waals surface area (Å²) in [6.45, 7) is 12.7. The molecular formula is C15H30N2O. The lowest BCUT2D eigenvalue weighted by Crippen LogP contribution is -2.59. The molecule has 0 radical (unpaired) electrons. The molecule has 1 aliphatic heterocycles. The Balaban J connectivity index is 2.01. The van der Waals surface area contributed by atoms with Gasteiger partial charge in [0.2, 0.25) is 0 Å². The van der Waals surface area contributed by atoms with Gasteiger partial charge in [0.25, 0.3) is 0 Å². The highest BCUT2D eigenvalue weighted by molar-refractivity contribution is 5.04. The van der Waals surface area contributed by atoms with E-state index in [0.717, 1.165) is 6.54 Å². The molecule has 0 aromatic heterocycles. The largest absolute Gasteiger partial charge is 0.394 e. The zero-order valence-electron chi connectivity index (χ0n) is 12.5. The van der Waals surface area contributed by atoms with E-state index in [-0.39, 0.29) is 12.1 Å². The quantitative estimate of drug-likeness (QED) is 0.759. The van der Waals surface area contributed by atoms with Crippen LogP contribution >= 0.6 is 0 Å². The van der Waals surface area contributed by atoms with E-state index in [2.05, 4.69) is 37.9 Å². The summed E-state index contributed by atoms with van der Waals surface area (Å²) in [5.41, 5.74) is 0.386. The van der Waals surface area contributed by atoms with Crippen LogP contribution in [0.15, 0.2) is 0 Å². The first-order valence-corrected chi connectivity index (χ1v) is 7.48. The van der Waals surface area contributed by atoms with Crippen LogP contribution in [0.25, 0.3) is 0 Å². The van der Waals surface area contributed by atoms with E-state index in [9.17, 15) is 5.11 Å². The lowest BCUT2D eigenvalue weighted by Gasteiger charge is -2.39. The summed E-state index contributed by atoms with van der Waals surface area (Å²) in [7, 11) is 0. The van der Waals surface area contributed by atoms with Crippen molar-refractivity contribution in [1.82, 2.24) is 10.2 Å². The van der Waals surface area contributed by atoms with Crippen LogP contribution < -0.4 is 5.32 Å². The third-order valence-electron chi connectivity index (χ3n) is 4.48. The maximum atomic E-state index is 9.94. The average Bonchev–Trinajstić information content (AvgIpc) is 3.04. The predicted octanol–water partition coefficient (Wildman–Crippen LogP) is 1.86. The van der Waals surface area contributed by atoms with Crippen molar-refractivity contribution in [3.8, 4) is 0 Å². The number of nitrogens with zero attached hydrogens (tertiary/aromatic N) is 1. The Morgan fingerprint density at radius 1 is 1.39 bits per heavy atom. The molecule has 2 fully saturated rings. The van der Waals surface area contributed by atoms with E-state index < -0.39 is 0 Å². The van der Waals surface area contributed by atoms with Crippen molar-refractivity contribution in [1.29, 1.82) is 0 Å². The summed E-state index contributed by atoms with van der Waals surface area (Å²) in [5.74, 6) is 0.675. The number of likely N-dealkylation sites (tertiary alicyclic amines) is 1. The molecule has 1 unspecified atom stereocenters. The first-order chi connectivity index (χ1) is 8.37. The van der Waals surface area contributed by atoms with Gasteiger partial charge in [-0.1, -0.05) is 27.7 Å². The van der Waals surface area contributed by atoms with Crippen LogP contribution in [-0.4, -0.2) is 47.8 Å². The molecule has 1 saturated carbocycles. The topological polar surface area (TPSA) is 35.5 Å². The van der Waals surface area contributed by atoms with Crippen molar-refractivity contribution >= 4 is 0 Å². The molecule has 2 N–H and O–H groups in total. The van der Waals surface area contributed by atoms with Crippen molar-refractivity contribution in [3.05, 3.63) is 0 Å². The van der Waals surface area contributed by atoms with Crippen LogP contribution in [0.5, 0.6) is 0 Å². The van der Waals surface area contributed by atoms with Gasteiger partial charge in [-0.25, -0.2) is 0 Å². The van der Waals surface area contributed by atoms with Crippen LogP contribution in [0.2, 0.25) is 0 Å². The maximum Gasteiger partial charge on any atom is 0.0628 e. The van der Waals surface area contributed by atoms with Crippen molar-refractivity contribution in [2.45, 2.75) is 58.5 Å². The van der Waals surface area contributed by atoms with Gasteiger partial charge in [-0.15, -0.1) is 0 Å². The van der Waals surface area contributed by atoms with E-state index in [1.165, 1.54) is 32.4 Å². The van der Waals surface area contributed by atoms with E-state index in [1.54, 1.807) is 0 Å². The molecule has 0 amide bonds. The summed E-state index contributed by atoms with van der Waals surface area (Å²) < 4.78 is 0. The molecule has 1 aliphatic carbocycles. The SMILES string of the molecule is CC(C)NC(CO)(CN1CCC(C)(C)C1)C1CC1. The number of hydrogen-bond donors (Lipinski definition) is 2. The smallest absolute Gasteiger partial charge is 0.0628 e. The molecule has 1 atom stereocenters. The second-order valence-electron chi connectivity index (χ2n) is 7.51. The maximum absolute atomic E-state index is 9.94. The molecule has 0 spiro atoms. The predicted molar refractivity (Wildman–Crippen MR) is 75.7 cm³/mol. The minimum atomic E-state index is -0.0609. The van der Waals surface area contributed by atoms with Crippen LogP contribution in [0.1, 0.15) is 47.0 Å². The van der Waals surface area contributed by atoms with Gasteiger partial charge in [0, 0.05) is 19.1 Å². The van der Waals surface area contributed by atoms with Crippen molar-refractivity contribution in [2.75, 3.05) is 26.2 Å². The lowest BCUT2D eigenvalue weighted by molar-refractivity contribution is 0.0891. The fourth-order valence-electron chi connectivity index (χ4n) is 3.49. The molecular weight excluding hydrogens is 224 g/mol. The Hall–Kier alpha value is -0.120. The molecule has 18 heavy (non-hydrogen) atoms. The normalized spacial score (nSPS) is 27.7. The molecule has 3 nitrogen and oxygen atoms in total. The third kappa shape index (κ3) is 3.25. The first kappa shape index (κ1) is 14.3. The minimum Gasteiger partial charge on any atom is -0.394 e. The molecule has 106 valence electrons. The zero-order valence-corrected chi connectivity index (χ0v) is 12.5. The van der Waals surface area contributed by atoms with Gasteiger partial charge in [-0.2, -0.15) is 0 Å². The average molecular weight is 254 g/mol.